The van der Waals surface area contributed by atoms with Gasteiger partial charge in [-0.3, -0.25) is 10.1 Å². The quantitative estimate of drug-likeness (QED) is 0.667. The van der Waals surface area contributed by atoms with E-state index in [2.05, 4.69) is 29.0 Å². The van der Waals surface area contributed by atoms with Crippen LogP contribution in [0.2, 0.25) is 0 Å². The molecule has 1 N–H and O–H groups in total. The molecular formula is C15H24N4O2. The standard InChI is InChI=1S/C15H24N4O2/c1-11(2)18(10-13-5-4-8-16-9-13)15-14(19(20)21)7-6-12(3)17-15/h6-7,11,13,16H,4-5,8-10H2,1-3H3. The van der Waals surface area contributed by atoms with Gasteiger partial charge in [0.1, 0.15) is 0 Å². The first-order valence-corrected chi connectivity index (χ1v) is 7.58. The van der Waals surface area contributed by atoms with E-state index in [4.69, 9.17) is 0 Å². The van der Waals surface area contributed by atoms with Crippen molar-refractivity contribution in [3.63, 3.8) is 0 Å². The first-order valence-electron chi connectivity index (χ1n) is 7.58. The highest BCUT2D eigenvalue weighted by Gasteiger charge is 2.26. The van der Waals surface area contributed by atoms with Crippen LogP contribution in [0.1, 0.15) is 32.4 Å². The van der Waals surface area contributed by atoms with Gasteiger partial charge in [0, 0.05) is 24.3 Å². The van der Waals surface area contributed by atoms with Crippen LogP contribution in [-0.4, -0.2) is 35.6 Å². The van der Waals surface area contributed by atoms with Gasteiger partial charge in [0.05, 0.1) is 4.92 Å². The van der Waals surface area contributed by atoms with Crippen molar-refractivity contribution in [2.24, 2.45) is 5.92 Å². The van der Waals surface area contributed by atoms with E-state index in [-0.39, 0.29) is 16.7 Å². The zero-order chi connectivity index (χ0) is 15.4. The van der Waals surface area contributed by atoms with Crippen LogP contribution in [0, 0.1) is 23.0 Å². The van der Waals surface area contributed by atoms with Crippen molar-refractivity contribution < 1.29 is 4.92 Å². The highest BCUT2D eigenvalue weighted by Crippen LogP contribution is 2.29. The number of pyridine rings is 1. The number of anilines is 1. The second-order valence-corrected chi connectivity index (χ2v) is 6.01. The molecule has 0 amide bonds. The third-order valence-corrected chi connectivity index (χ3v) is 3.94. The molecule has 1 aromatic heterocycles. The van der Waals surface area contributed by atoms with Gasteiger partial charge >= 0.3 is 5.69 Å². The number of aromatic nitrogens is 1. The summed E-state index contributed by atoms with van der Waals surface area (Å²) in [6.45, 7) is 8.84. The molecule has 2 heterocycles. The number of piperidine rings is 1. The molecule has 116 valence electrons. The fourth-order valence-electron chi connectivity index (χ4n) is 2.79. The van der Waals surface area contributed by atoms with Gasteiger partial charge < -0.3 is 10.2 Å². The van der Waals surface area contributed by atoms with Crippen LogP contribution in [0.4, 0.5) is 11.5 Å². The maximum Gasteiger partial charge on any atom is 0.311 e. The van der Waals surface area contributed by atoms with Crippen LogP contribution in [0.25, 0.3) is 0 Å². The van der Waals surface area contributed by atoms with Gasteiger partial charge in [0.25, 0.3) is 0 Å². The number of nitrogens with zero attached hydrogens (tertiary/aromatic N) is 3. The highest BCUT2D eigenvalue weighted by molar-refractivity contribution is 5.58. The van der Waals surface area contributed by atoms with Gasteiger partial charge in [-0.05, 0) is 58.7 Å². The molecule has 1 aliphatic heterocycles. The van der Waals surface area contributed by atoms with Crippen LogP contribution < -0.4 is 10.2 Å². The summed E-state index contributed by atoms with van der Waals surface area (Å²) in [5.41, 5.74) is 0.904. The lowest BCUT2D eigenvalue weighted by Crippen LogP contribution is -2.42. The minimum atomic E-state index is -0.337. The topological polar surface area (TPSA) is 71.3 Å². The second-order valence-electron chi connectivity index (χ2n) is 6.01. The Morgan fingerprint density at radius 3 is 2.86 bits per heavy atom. The fraction of sp³-hybridized carbons (Fsp3) is 0.667. The SMILES string of the molecule is Cc1ccc([N+](=O)[O-])c(N(CC2CCCNC2)C(C)C)n1. The Labute approximate surface area is 125 Å². The number of aryl methyl sites for hydroxylation is 1. The number of nitro groups is 1. The molecule has 0 saturated carbocycles. The van der Waals surface area contributed by atoms with Gasteiger partial charge in [-0.1, -0.05) is 0 Å². The summed E-state index contributed by atoms with van der Waals surface area (Å²) in [6, 6.07) is 3.44. The van der Waals surface area contributed by atoms with Crippen molar-refractivity contribution in [3.8, 4) is 0 Å². The van der Waals surface area contributed by atoms with E-state index in [0.717, 1.165) is 31.7 Å². The molecule has 1 saturated heterocycles. The summed E-state index contributed by atoms with van der Waals surface area (Å²) in [4.78, 5) is 17.5. The van der Waals surface area contributed by atoms with Crippen LogP contribution in [0.5, 0.6) is 0 Å². The highest BCUT2D eigenvalue weighted by atomic mass is 16.6. The summed E-state index contributed by atoms with van der Waals surface area (Å²) in [7, 11) is 0. The molecule has 0 spiro atoms. The molecule has 21 heavy (non-hydrogen) atoms. The Bertz CT molecular complexity index is 498. The number of nitrogens with one attached hydrogen (secondary N) is 1. The van der Waals surface area contributed by atoms with Crippen molar-refractivity contribution in [2.75, 3.05) is 24.5 Å². The van der Waals surface area contributed by atoms with E-state index in [9.17, 15) is 10.1 Å². The van der Waals surface area contributed by atoms with E-state index in [0.29, 0.717) is 11.7 Å². The predicted octanol–water partition coefficient (Wildman–Crippen LogP) is 2.51. The third kappa shape index (κ3) is 3.91. The third-order valence-electron chi connectivity index (χ3n) is 3.94. The smallest absolute Gasteiger partial charge is 0.311 e. The molecule has 1 atom stereocenters. The fourth-order valence-corrected chi connectivity index (χ4v) is 2.79. The van der Waals surface area contributed by atoms with Crippen LogP contribution in [-0.2, 0) is 0 Å². The lowest BCUT2D eigenvalue weighted by molar-refractivity contribution is -0.384. The summed E-state index contributed by atoms with van der Waals surface area (Å²) in [6.07, 6.45) is 2.33. The molecular weight excluding hydrogens is 268 g/mol. The minimum absolute atomic E-state index is 0.0954. The van der Waals surface area contributed by atoms with E-state index in [1.165, 1.54) is 6.42 Å². The summed E-state index contributed by atoms with van der Waals surface area (Å²) < 4.78 is 0. The molecule has 0 aromatic carbocycles. The van der Waals surface area contributed by atoms with Crippen LogP contribution in [0.15, 0.2) is 12.1 Å². The monoisotopic (exact) mass is 292 g/mol. The predicted molar refractivity (Wildman–Crippen MR) is 83.7 cm³/mol. The van der Waals surface area contributed by atoms with Gasteiger partial charge in [0.15, 0.2) is 0 Å². The Balaban J connectivity index is 2.28. The molecule has 2 rings (SSSR count). The number of hydrogen-bond donors (Lipinski definition) is 1. The van der Waals surface area contributed by atoms with Crippen molar-refractivity contribution >= 4 is 11.5 Å². The van der Waals surface area contributed by atoms with Gasteiger partial charge in [0.2, 0.25) is 5.82 Å². The van der Waals surface area contributed by atoms with Crippen LogP contribution in [0.3, 0.4) is 0 Å². The molecule has 1 aromatic rings. The van der Waals surface area contributed by atoms with Crippen molar-refractivity contribution in [3.05, 3.63) is 27.9 Å². The van der Waals surface area contributed by atoms with E-state index in [1.807, 2.05) is 6.92 Å². The second kappa shape index (κ2) is 6.85. The summed E-state index contributed by atoms with van der Waals surface area (Å²) in [5, 5.41) is 14.7. The summed E-state index contributed by atoms with van der Waals surface area (Å²) in [5.74, 6) is 1.02. The van der Waals surface area contributed by atoms with Gasteiger partial charge in [-0.15, -0.1) is 0 Å². The first kappa shape index (κ1) is 15.7. The van der Waals surface area contributed by atoms with E-state index >= 15 is 0 Å². The Morgan fingerprint density at radius 1 is 1.52 bits per heavy atom. The largest absolute Gasteiger partial charge is 0.348 e. The normalized spacial score (nSPS) is 18.8. The van der Waals surface area contributed by atoms with Crippen molar-refractivity contribution in [1.29, 1.82) is 0 Å². The number of hydrogen-bond acceptors (Lipinski definition) is 5. The summed E-state index contributed by atoms with van der Waals surface area (Å²) >= 11 is 0. The van der Waals surface area contributed by atoms with Gasteiger partial charge in [-0.2, -0.15) is 0 Å². The first-order chi connectivity index (χ1) is 9.99. The minimum Gasteiger partial charge on any atom is -0.348 e. The Kier molecular flexibility index (Phi) is 5.12. The lowest BCUT2D eigenvalue weighted by atomic mass is 9.98. The average Bonchev–Trinajstić information content (AvgIpc) is 2.45. The zero-order valence-corrected chi connectivity index (χ0v) is 13.0. The van der Waals surface area contributed by atoms with Crippen molar-refractivity contribution in [2.45, 2.75) is 39.7 Å². The molecule has 0 radical (unpaired) electrons. The molecule has 0 bridgehead atoms. The molecule has 1 fully saturated rings. The van der Waals surface area contributed by atoms with Crippen LogP contribution >= 0.6 is 0 Å². The molecule has 6 nitrogen and oxygen atoms in total. The molecule has 6 heteroatoms. The lowest BCUT2D eigenvalue weighted by Gasteiger charge is -2.33. The maximum absolute atomic E-state index is 11.3. The maximum atomic E-state index is 11.3. The van der Waals surface area contributed by atoms with Crippen molar-refractivity contribution in [1.82, 2.24) is 10.3 Å². The number of rotatable bonds is 5. The van der Waals surface area contributed by atoms with Gasteiger partial charge in [-0.25, -0.2) is 4.98 Å². The van der Waals surface area contributed by atoms with E-state index < -0.39 is 0 Å². The van der Waals surface area contributed by atoms with E-state index in [1.54, 1.807) is 12.1 Å². The Morgan fingerprint density at radius 2 is 2.29 bits per heavy atom. The molecule has 1 aliphatic rings. The molecule has 0 aliphatic carbocycles. The Hall–Kier alpha value is -1.69. The zero-order valence-electron chi connectivity index (χ0n) is 13.0. The average molecular weight is 292 g/mol. The molecule has 1 unspecified atom stereocenters.